The average molecular weight is 126 g/mol. The average Bonchev–Trinajstić information content (AvgIpc) is 2.63. The van der Waals surface area contributed by atoms with E-state index >= 15 is 0 Å². The molecule has 0 saturated heterocycles. The first-order valence-corrected chi connectivity index (χ1v) is 3.71. The van der Waals surface area contributed by atoms with Crippen LogP contribution in [-0.4, -0.2) is 11.7 Å². The van der Waals surface area contributed by atoms with Gasteiger partial charge in [-0.1, -0.05) is 12.2 Å². The van der Waals surface area contributed by atoms with E-state index in [1.165, 1.54) is 12.8 Å². The second kappa shape index (κ2) is 3.67. The van der Waals surface area contributed by atoms with Crippen LogP contribution < -0.4 is 0 Å². The number of unbranched alkanes of at least 4 members (excludes halogenated alkanes) is 1. The van der Waals surface area contributed by atoms with Crippen LogP contribution in [0.4, 0.5) is 0 Å². The summed E-state index contributed by atoms with van der Waals surface area (Å²) in [6.07, 6.45) is 9.20. The Hall–Kier alpha value is -0.300. The van der Waals surface area contributed by atoms with Gasteiger partial charge in [0.15, 0.2) is 0 Å². The zero-order valence-corrected chi connectivity index (χ0v) is 5.71. The molecule has 0 aromatic rings. The second-order valence-electron chi connectivity index (χ2n) is 2.63. The van der Waals surface area contributed by atoms with E-state index in [9.17, 15) is 0 Å². The molecule has 0 aromatic heterocycles. The molecule has 1 nitrogen and oxygen atoms in total. The summed E-state index contributed by atoms with van der Waals surface area (Å²) in [5, 5.41) is 8.41. The van der Waals surface area contributed by atoms with Crippen LogP contribution in [0.3, 0.4) is 0 Å². The Morgan fingerprint density at radius 2 is 2.22 bits per heavy atom. The standard InChI is InChI=1S/C8H14O/c9-7-3-1-2-4-8-5-6-8/h2,4,8-9H,1,3,5-7H2/b4-2+. The van der Waals surface area contributed by atoms with Crippen LogP contribution >= 0.6 is 0 Å². The molecule has 1 rings (SSSR count). The molecule has 0 amide bonds. The van der Waals surface area contributed by atoms with Crippen LogP contribution in [0.15, 0.2) is 12.2 Å². The van der Waals surface area contributed by atoms with E-state index in [2.05, 4.69) is 12.2 Å². The lowest BCUT2D eigenvalue weighted by atomic mass is 10.2. The Balaban J connectivity index is 1.89. The molecular weight excluding hydrogens is 112 g/mol. The molecule has 0 aliphatic heterocycles. The summed E-state index contributed by atoms with van der Waals surface area (Å²) in [7, 11) is 0. The molecule has 0 aromatic carbocycles. The van der Waals surface area contributed by atoms with Gasteiger partial charge in [0, 0.05) is 6.61 Å². The van der Waals surface area contributed by atoms with Crippen LogP contribution in [0.25, 0.3) is 0 Å². The summed E-state index contributed by atoms with van der Waals surface area (Å²) in [6.45, 7) is 0.328. The van der Waals surface area contributed by atoms with E-state index in [4.69, 9.17) is 5.11 Å². The zero-order valence-electron chi connectivity index (χ0n) is 5.71. The zero-order chi connectivity index (χ0) is 6.53. The van der Waals surface area contributed by atoms with Crippen LogP contribution in [0.5, 0.6) is 0 Å². The molecule has 0 heterocycles. The third-order valence-electron chi connectivity index (χ3n) is 1.56. The fourth-order valence-electron chi connectivity index (χ4n) is 0.786. The van der Waals surface area contributed by atoms with Gasteiger partial charge >= 0.3 is 0 Å². The van der Waals surface area contributed by atoms with Gasteiger partial charge in [0.2, 0.25) is 0 Å². The molecule has 1 aliphatic rings. The lowest BCUT2D eigenvalue weighted by Crippen LogP contribution is -1.78. The minimum absolute atomic E-state index is 0.328. The maximum atomic E-state index is 8.41. The number of aliphatic hydroxyl groups excluding tert-OH is 1. The van der Waals surface area contributed by atoms with Gasteiger partial charge in [0.05, 0.1) is 0 Å². The van der Waals surface area contributed by atoms with E-state index in [1.54, 1.807) is 0 Å². The fourth-order valence-corrected chi connectivity index (χ4v) is 0.786. The maximum Gasteiger partial charge on any atom is 0.0433 e. The molecule has 0 radical (unpaired) electrons. The highest BCUT2D eigenvalue weighted by Gasteiger charge is 2.16. The number of hydrogen-bond acceptors (Lipinski definition) is 1. The number of aliphatic hydroxyl groups is 1. The monoisotopic (exact) mass is 126 g/mol. The molecule has 1 saturated carbocycles. The van der Waals surface area contributed by atoms with E-state index in [0.717, 1.165) is 18.8 Å². The summed E-state index contributed by atoms with van der Waals surface area (Å²) in [5.41, 5.74) is 0. The Bertz CT molecular complexity index is 92.7. The van der Waals surface area contributed by atoms with Crippen LogP contribution in [0.2, 0.25) is 0 Å². The lowest BCUT2D eigenvalue weighted by Gasteiger charge is -1.86. The predicted octanol–water partition coefficient (Wildman–Crippen LogP) is 1.73. The fraction of sp³-hybridized carbons (Fsp3) is 0.750. The molecule has 1 heteroatoms. The molecule has 52 valence electrons. The summed E-state index contributed by atoms with van der Waals surface area (Å²) >= 11 is 0. The van der Waals surface area contributed by atoms with Crippen LogP contribution in [0.1, 0.15) is 25.7 Å². The minimum atomic E-state index is 0.328. The second-order valence-corrected chi connectivity index (χ2v) is 2.63. The van der Waals surface area contributed by atoms with Crippen LogP contribution in [0, 0.1) is 5.92 Å². The number of rotatable bonds is 4. The van der Waals surface area contributed by atoms with Crippen molar-refractivity contribution in [2.75, 3.05) is 6.61 Å². The van der Waals surface area contributed by atoms with Gasteiger partial charge in [0.25, 0.3) is 0 Å². The van der Waals surface area contributed by atoms with E-state index < -0.39 is 0 Å². The first-order valence-electron chi connectivity index (χ1n) is 3.71. The van der Waals surface area contributed by atoms with Gasteiger partial charge in [-0.3, -0.25) is 0 Å². The maximum absolute atomic E-state index is 8.41. The Morgan fingerprint density at radius 3 is 2.78 bits per heavy atom. The Morgan fingerprint density at radius 1 is 1.44 bits per heavy atom. The lowest BCUT2D eigenvalue weighted by molar-refractivity contribution is 0.289. The largest absolute Gasteiger partial charge is 0.396 e. The molecule has 0 bridgehead atoms. The molecule has 0 spiro atoms. The van der Waals surface area contributed by atoms with Gasteiger partial charge in [-0.2, -0.15) is 0 Å². The Kier molecular flexibility index (Phi) is 2.78. The van der Waals surface area contributed by atoms with Crippen LogP contribution in [-0.2, 0) is 0 Å². The highest BCUT2D eigenvalue weighted by molar-refractivity contribution is 4.95. The summed E-state index contributed by atoms with van der Waals surface area (Å²) < 4.78 is 0. The number of allylic oxidation sites excluding steroid dienone is 2. The molecular formula is C8H14O. The van der Waals surface area contributed by atoms with E-state index in [0.29, 0.717) is 6.61 Å². The first kappa shape index (κ1) is 6.81. The third-order valence-corrected chi connectivity index (χ3v) is 1.56. The summed E-state index contributed by atoms with van der Waals surface area (Å²) in [5.74, 6) is 0.892. The van der Waals surface area contributed by atoms with Crippen molar-refractivity contribution >= 4 is 0 Å². The summed E-state index contributed by atoms with van der Waals surface area (Å²) in [4.78, 5) is 0. The van der Waals surface area contributed by atoms with Crippen molar-refractivity contribution in [1.82, 2.24) is 0 Å². The third kappa shape index (κ3) is 3.31. The molecule has 0 unspecified atom stereocenters. The van der Waals surface area contributed by atoms with Crippen molar-refractivity contribution in [2.45, 2.75) is 25.7 Å². The molecule has 0 atom stereocenters. The van der Waals surface area contributed by atoms with Crippen molar-refractivity contribution < 1.29 is 5.11 Å². The van der Waals surface area contributed by atoms with Crippen molar-refractivity contribution in [2.24, 2.45) is 5.92 Å². The minimum Gasteiger partial charge on any atom is -0.396 e. The van der Waals surface area contributed by atoms with Gasteiger partial charge in [-0.25, -0.2) is 0 Å². The quantitative estimate of drug-likeness (QED) is 0.449. The molecule has 1 N–H and O–H groups in total. The normalized spacial score (nSPS) is 19.2. The number of hydrogen-bond donors (Lipinski definition) is 1. The van der Waals surface area contributed by atoms with Crippen molar-refractivity contribution in [3.05, 3.63) is 12.2 Å². The molecule has 9 heavy (non-hydrogen) atoms. The molecule has 1 aliphatic carbocycles. The first-order chi connectivity index (χ1) is 4.43. The van der Waals surface area contributed by atoms with Gasteiger partial charge in [0.1, 0.15) is 0 Å². The van der Waals surface area contributed by atoms with Gasteiger partial charge in [-0.15, -0.1) is 0 Å². The summed E-state index contributed by atoms with van der Waals surface area (Å²) in [6, 6.07) is 0. The van der Waals surface area contributed by atoms with Gasteiger partial charge in [-0.05, 0) is 31.6 Å². The van der Waals surface area contributed by atoms with Crippen molar-refractivity contribution in [3.8, 4) is 0 Å². The Labute approximate surface area is 56.4 Å². The molecule has 1 fully saturated rings. The van der Waals surface area contributed by atoms with E-state index in [1.807, 2.05) is 0 Å². The SMILES string of the molecule is OCCC/C=C/C1CC1. The van der Waals surface area contributed by atoms with E-state index in [-0.39, 0.29) is 0 Å². The highest BCUT2D eigenvalue weighted by atomic mass is 16.2. The topological polar surface area (TPSA) is 20.2 Å². The predicted molar refractivity (Wildman–Crippen MR) is 38.2 cm³/mol. The van der Waals surface area contributed by atoms with Crippen molar-refractivity contribution in [1.29, 1.82) is 0 Å². The highest BCUT2D eigenvalue weighted by Crippen LogP contribution is 2.30. The van der Waals surface area contributed by atoms with Gasteiger partial charge < -0.3 is 5.11 Å². The van der Waals surface area contributed by atoms with Crippen molar-refractivity contribution in [3.63, 3.8) is 0 Å². The smallest absolute Gasteiger partial charge is 0.0433 e.